The molecule has 22 heavy (non-hydrogen) atoms. The van der Waals surface area contributed by atoms with Gasteiger partial charge in [-0.3, -0.25) is 0 Å². The van der Waals surface area contributed by atoms with Gasteiger partial charge >= 0.3 is 6.03 Å². The van der Waals surface area contributed by atoms with Crippen molar-refractivity contribution in [2.75, 3.05) is 25.1 Å². The molecule has 122 valence electrons. The SMILES string of the molecule is C[C@@H](CNC(=O)Nc1cc(F)ccc1F)CC1(C)OCCO1. The molecule has 1 heterocycles. The van der Waals surface area contributed by atoms with Crippen LogP contribution in [0, 0.1) is 17.6 Å². The number of hydrogen-bond donors (Lipinski definition) is 2. The zero-order valence-corrected chi connectivity index (χ0v) is 12.6. The van der Waals surface area contributed by atoms with Gasteiger partial charge in [-0.25, -0.2) is 13.6 Å². The van der Waals surface area contributed by atoms with Crippen LogP contribution in [-0.2, 0) is 9.47 Å². The Morgan fingerprint density at radius 1 is 1.36 bits per heavy atom. The van der Waals surface area contributed by atoms with Crippen molar-refractivity contribution in [3.8, 4) is 0 Å². The highest BCUT2D eigenvalue weighted by Crippen LogP contribution is 2.26. The number of urea groups is 1. The van der Waals surface area contributed by atoms with Gasteiger partial charge in [0.15, 0.2) is 5.79 Å². The topological polar surface area (TPSA) is 59.6 Å². The van der Waals surface area contributed by atoms with Gasteiger partial charge in [-0.2, -0.15) is 0 Å². The lowest BCUT2D eigenvalue weighted by atomic mass is 10.0. The lowest BCUT2D eigenvalue weighted by Crippen LogP contribution is -2.36. The van der Waals surface area contributed by atoms with Crippen LogP contribution in [0.25, 0.3) is 0 Å². The number of anilines is 1. The van der Waals surface area contributed by atoms with E-state index in [1.807, 2.05) is 13.8 Å². The summed E-state index contributed by atoms with van der Waals surface area (Å²) >= 11 is 0. The van der Waals surface area contributed by atoms with E-state index in [9.17, 15) is 13.6 Å². The van der Waals surface area contributed by atoms with E-state index in [1.165, 1.54) is 0 Å². The molecule has 0 unspecified atom stereocenters. The fourth-order valence-electron chi connectivity index (χ4n) is 2.41. The normalized spacial score (nSPS) is 18.0. The van der Waals surface area contributed by atoms with Gasteiger partial charge in [0, 0.05) is 19.0 Å². The fraction of sp³-hybridized carbons (Fsp3) is 0.533. The molecular weight excluding hydrogens is 294 g/mol. The summed E-state index contributed by atoms with van der Waals surface area (Å²) in [5.74, 6) is -1.82. The van der Waals surface area contributed by atoms with E-state index in [0.717, 1.165) is 18.2 Å². The minimum atomic E-state index is -0.690. The number of nitrogens with one attached hydrogen (secondary N) is 2. The summed E-state index contributed by atoms with van der Waals surface area (Å²) in [7, 11) is 0. The molecule has 2 N–H and O–H groups in total. The van der Waals surface area contributed by atoms with Crippen molar-refractivity contribution in [1.82, 2.24) is 5.32 Å². The Kier molecular flexibility index (Phi) is 5.31. The smallest absolute Gasteiger partial charge is 0.319 e. The predicted octanol–water partition coefficient (Wildman–Crippen LogP) is 2.88. The summed E-state index contributed by atoms with van der Waals surface area (Å²) in [5.41, 5.74) is -0.195. The summed E-state index contributed by atoms with van der Waals surface area (Å²) in [6.45, 7) is 5.30. The van der Waals surface area contributed by atoms with E-state index >= 15 is 0 Å². The first-order valence-corrected chi connectivity index (χ1v) is 7.16. The molecule has 0 saturated carbocycles. The van der Waals surface area contributed by atoms with Gasteiger partial charge in [0.1, 0.15) is 11.6 Å². The zero-order valence-electron chi connectivity index (χ0n) is 12.6. The summed E-state index contributed by atoms with van der Waals surface area (Å²) in [5, 5.41) is 4.90. The van der Waals surface area contributed by atoms with Crippen LogP contribution in [0.15, 0.2) is 18.2 Å². The number of benzene rings is 1. The van der Waals surface area contributed by atoms with E-state index in [4.69, 9.17) is 9.47 Å². The van der Waals surface area contributed by atoms with Crippen molar-refractivity contribution in [3.05, 3.63) is 29.8 Å². The number of amides is 2. The molecule has 1 atom stereocenters. The van der Waals surface area contributed by atoms with Gasteiger partial charge in [0.05, 0.1) is 18.9 Å². The van der Waals surface area contributed by atoms with Gasteiger partial charge in [-0.1, -0.05) is 6.92 Å². The highest BCUT2D eigenvalue weighted by Gasteiger charge is 2.32. The average Bonchev–Trinajstić information content (AvgIpc) is 2.87. The van der Waals surface area contributed by atoms with Crippen molar-refractivity contribution < 1.29 is 23.0 Å². The Bertz CT molecular complexity index is 534. The lowest BCUT2D eigenvalue weighted by Gasteiger charge is -2.26. The third-order valence-corrected chi connectivity index (χ3v) is 3.41. The number of halogens is 2. The maximum absolute atomic E-state index is 13.4. The molecule has 1 aromatic carbocycles. The second-order valence-electron chi connectivity index (χ2n) is 5.60. The first-order valence-electron chi connectivity index (χ1n) is 7.16. The quantitative estimate of drug-likeness (QED) is 0.878. The molecule has 7 heteroatoms. The van der Waals surface area contributed by atoms with Gasteiger partial charge < -0.3 is 20.1 Å². The van der Waals surface area contributed by atoms with Crippen LogP contribution in [0.2, 0.25) is 0 Å². The van der Waals surface area contributed by atoms with Crippen LogP contribution in [-0.4, -0.2) is 31.6 Å². The van der Waals surface area contributed by atoms with Gasteiger partial charge in [-0.15, -0.1) is 0 Å². The molecule has 1 aromatic rings. The molecule has 1 aliphatic heterocycles. The van der Waals surface area contributed by atoms with Crippen molar-refractivity contribution in [3.63, 3.8) is 0 Å². The van der Waals surface area contributed by atoms with E-state index in [2.05, 4.69) is 10.6 Å². The van der Waals surface area contributed by atoms with Crippen LogP contribution in [0.5, 0.6) is 0 Å². The molecule has 0 aliphatic carbocycles. The molecule has 2 rings (SSSR count). The van der Waals surface area contributed by atoms with E-state index in [0.29, 0.717) is 26.2 Å². The average molecular weight is 314 g/mol. The van der Waals surface area contributed by atoms with Crippen LogP contribution in [0.3, 0.4) is 0 Å². The maximum Gasteiger partial charge on any atom is 0.319 e. The molecule has 0 aromatic heterocycles. The highest BCUT2D eigenvalue weighted by molar-refractivity contribution is 5.89. The first kappa shape index (κ1) is 16.6. The Balaban J connectivity index is 1.78. The summed E-state index contributed by atoms with van der Waals surface area (Å²) in [6, 6.07) is 2.29. The zero-order chi connectivity index (χ0) is 16.2. The molecule has 0 spiro atoms. The summed E-state index contributed by atoms with van der Waals surface area (Å²) in [4.78, 5) is 11.7. The molecule has 2 amide bonds. The Labute approximate surface area is 128 Å². The van der Waals surface area contributed by atoms with Gasteiger partial charge in [-0.05, 0) is 25.0 Å². The van der Waals surface area contributed by atoms with Crippen LogP contribution in [0.4, 0.5) is 19.3 Å². The number of hydrogen-bond acceptors (Lipinski definition) is 3. The number of carbonyl (C=O) groups excluding carboxylic acids is 1. The molecule has 1 aliphatic rings. The minimum Gasteiger partial charge on any atom is -0.348 e. The predicted molar refractivity (Wildman–Crippen MR) is 77.5 cm³/mol. The monoisotopic (exact) mass is 314 g/mol. The van der Waals surface area contributed by atoms with Gasteiger partial charge in [0.2, 0.25) is 0 Å². The van der Waals surface area contributed by atoms with Crippen molar-refractivity contribution in [1.29, 1.82) is 0 Å². The van der Waals surface area contributed by atoms with Crippen molar-refractivity contribution in [2.45, 2.75) is 26.1 Å². The molecular formula is C15H20F2N2O3. The molecule has 1 fully saturated rings. The second kappa shape index (κ2) is 7.02. The maximum atomic E-state index is 13.4. The fourth-order valence-corrected chi connectivity index (χ4v) is 2.41. The highest BCUT2D eigenvalue weighted by atomic mass is 19.1. The van der Waals surface area contributed by atoms with E-state index in [1.54, 1.807) is 0 Å². The van der Waals surface area contributed by atoms with Crippen LogP contribution >= 0.6 is 0 Å². The molecule has 1 saturated heterocycles. The largest absolute Gasteiger partial charge is 0.348 e. The minimum absolute atomic E-state index is 0.103. The van der Waals surface area contributed by atoms with Crippen molar-refractivity contribution >= 4 is 11.7 Å². The first-order chi connectivity index (χ1) is 10.4. The Morgan fingerprint density at radius 3 is 2.73 bits per heavy atom. The number of ether oxygens (including phenoxy) is 2. The van der Waals surface area contributed by atoms with Gasteiger partial charge in [0.25, 0.3) is 0 Å². The van der Waals surface area contributed by atoms with Crippen LogP contribution < -0.4 is 10.6 Å². The number of rotatable bonds is 5. The standard InChI is InChI=1S/C15H20F2N2O3/c1-10(8-15(2)21-5-6-22-15)9-18-14(20)19-13-7-11(16)3-4-12(13)17/h3-4,7,10H,5-6,8-9H2,1-2H3,(H2,18,19,20)/t10-/m1/s1. The second-order valence-corrected chi connectivity index (χ2v) is 5.60. The van der Waals surface area contributed by atoms with E-state index in [-0.39, 0.29) is 11.6 Å². The third kappa shape index (κ3) is 4.64. The molecule has 0 bridgehead atoms. The lowest BCUT2D eigenvalue weighted by molar-refractivity contribution is -0.153. The van der Waals surface area contributed by atoms with Crippen molar-refractivity contribution in [2.24, 2.45) is 5.92 Å². The Morgan fingerprint density at radius 2 is 2.05 bits per heavy atom. The third-order valence-electron chi connectivity index (χ3n) is 3.41. The van der Waals surface area contributed by atoms with E-state index < -0.39 is 23.5 Å². The molecule has 5 nitrogen and oxygen atoms in total. The summed E-state index contributed by atoms with van der Waals surface area (Å²) in [6.07, 6.45) is 0.627. The Hall–Kier alpha value is -1.73. The molecule has 0 radical (unpaired) electrons. The number of carbonyl (C=O) groups is 1. The van der Waals surface area contributed by atoms with Crippen LogP contribution in [0.1, 0.15) is 20.3 Å². The summed E-state index contributed by atoms with van der Waals surface area (Å²) < 4.78 is 37.4.